The molecule has 2 aromatic carbocycles. The highest BCUT2D eigenvalue weighted by atomic mass is 19.4. The molecule has 1 amide bonds. The predicted molar refractivity (Wildman–Crippen MR) is 137 cm³/mol. The van der Waals surface area contributed by atoms with Gasteiger partial charge < -0.3 is 5.32 Å². The topological polar surface area (TPSA) is 72.7 Å². The summed E-state index contributed by atoms with van der Waals surface area (Å²) < 4.78 is 70.1. The SMILES string of the molecule is Cc1ccccc1-c1ccnc(C(CNC(=O)Cn2nc(C(F)(F)F)c3c2CCCC3)c2cc(F)cc(F)c2)n1. The second-order valence-corrected chi connectivity index (χ2v) is 9.81. The second kappa shape index (κ2) is 11.1. The van der Waals surface area contributed by atoms with Crippen molar-refractivity contribution < 1.29 is 26.7 Å². The molecular formula is C29H26F5N5O. The number of hydrogen-bond donors (Lipinski definition) is 1. The molecule has 0 saturated heterocycles. The predicted octanol–water partition coefficient (Wildman–Crippen LogP) is 5.77. The third kappa shape index (κ3) is 5.88. The maximum Gasteiger partial charge on any atom is 0.435 e. The minimum absolute atomic E-state index is 0.140. The maximum atomic E-state index is 14.2. The maximum absolute atomic E-state index is 14.2. The van der Waals surface area contributed by atoms with Crippen LogP contribution in [0.3, 0.4) is 0 Å². The standard InChI is InChI=1S/C29H26F5N5O/c1-17-6-2-3-7-21(17)24-10-11-35-28(37-24)23(18-12-19(30)14-20(31)13-18)15-36-26(40)16-39-25-9-5-4-8-22(25)27(38-39)29(32,33)34/h2-3,6-7,10-14,23H,4-5,8-9,15-16H2,1H3,(H,36,40). The van der Waals surface area contributed by atoms with Crippen LogP contribution in [0.25, 0.3) is 11.3 Å². The highest BCUT2D eigenvalue weighted by Gasteiger charge is 2.39. The molecule has 40 heavy (non-hydrogen) atoms. The molecule has 4 aromatic rings. The van der Waals surface area contributed by atoms with E-state index in [0.29, 0.717) is 30.7 Å². The summed E-state index contributed by atoms with van der Waals surface area (Å²) in [5, 5.41) is 6.42. The molecule has 0 saturated carbocycles. The van der Waals surface area contributed by atoms with Crippen molar-refractivity contribution in [2.75, 3.05) is 6.54 Å². The summed E-state index contributed by atoms with van der Waals surface area (Å²) in [5.74, 6) is -2.81. The lowest BCUT2D eigenvalue weighted by atomic mass is 9.95. The van der Waals surface area contributed by atoms with Gasteiger partial charge in [-0.05, 0) is 61.9 Å². The first kappa shape index (κ1) is 27.4. The zero-order valence-corrected chi connectivity index (χ0v) is 21.6. The van der Waals surface area contributed by atoms with Crippen molar-refractivity contribution in [1.29, 1.82) is 0 Å². The molecule has 0 bridgehead atoms. The molecule has 1 aliphatic rings. The van der Waals surface area contributed by atoms with Crippen molar-refractivity contribution in [1.82, 2.24) is 25.1 Å². The summed E-state index contributed by atoms with van der Waals surface area (Å²) in [6, 6.07) is 12.3. The summed E-state index contributed by atoms with van der Waals surface area (Å²) in [6.07, 6.45) is -1.09. The molecule has 6 nitrogen and oxygen atoms in total. The molecule has 2 aromatic heterocycles. The van der Waals surface area contributed by atoms with Crippen LogP contribution in [0.15, 0.2) is 54.7 Å². The summed E-state index contributed by atoms with van der Waals surface area (Å²) in [6.45, 7) is 1.36. The number of alkyl halides is 3. The van der Waals surface area contributed by atoms with Crippen LogP contribution in [0.1, 0.15) is 52.7 Å². The van der Waals surface area contributed by atoms with E-state index in [4.69, 9.17) is 0 Å². The Morgan fingerprint density at radius 2 is 1.77 bits per heavy atom. The monoisotopic (exact) mass is 555 g/mol. The van der Waals surface area contributed by atoms with Crippen molar-refractivity contribution in [2.45, 2.75) is 51.2 Å². The van der Waals surface area contributed by atoms with E-state index in [1.165, 1.54) is 6.20 Å². The Labute approximate surface area is 227 Å². The minimum Gasteiger partial charge on any atom is -0.353 e. The molecule has 0 fully saturated rings. The third-order valence-corrected chi connectivity index (χ3v) is 7.02. The van der Waals surface area contributed by atoms with E-state index >= 15 is 0 Å². The van der Waals surface area contributed by atoms with Gasteiger partial charge in [0.25, 0.3) is 0 Å². The fourth-order valence-corrected chi connectivity index (χ4v) is 5.12. The fraction of sp³-hybridized carbons (Fsp3) is 0.310. The van der Waals surface area contributed by atoms with Crippen molar-refractivity contribution in [3.63, 3.8) is 0 Å². The van der Waals surface area contributed by atoms with Gasteiger partial charge in [-0.25, -0.2) is 18.7 Å². The number of hydrogen-bond acceptors (Lipinski definition) is 4. The van der Waals surface area contributed by atoms with Gasteiger partial charge in [0.05, 0.1) is 11.6 Å². The number of rotatable bonds is 7. The normalized spacial score (nSPS) is 14.1. The Bertz CT molecular complexity index is 1530. The Morgan fingerprint density at radius 3 is 2.50 bits per heavy atom. The molecule has 5 rings (SSSR count). The van der Waals surface area contributed by atoms with E-state index in [-0.39, 0.29) is 29.9 Å². The zero-order valence-electron chi connectivity index (χ0n) is 21.6. The first-order valence-corrected chi connectivity index (χ1v) is 12.9. The van der Waals surface area contributed by atoms with E-state index in [0.717, 1.165) is 34.0 Å². The molecule has 0 spiro atoms. The highest BCUT2D eigenvalue weighted by molar-refractivity contribution is 5.76. The Morgan fingerprint density at radius 1 is 1.05 bits per heavy atom. The van der Waals surface area contributed by atoms with Gasteiger partial charge in [0, 0.05) is 35.6 Å². The van der Waals surface area contributed by atoms with Crippen LogP contribution in [-0.2, 0) is 30.4 Å². The second-order valence-electron chi connectivity index (χ2n) is 9.81. The van der Waals surface area contributed by atoms with E-state index < -0.39 is 41.9 Å². The molecule has 0 aliphatic heterocycles. The Hall–Kier alpha value is -4.15. The quantitative estimate of drug-likeness (QED) is 0.294. The van der Waals surface area contributed by atoms with Gasteiger partial charge in [0.1, 0.15) is 24.0 Å². The molecule has 1 N–H and O–H groups in total. The first-order valence-electron chi connectivity index (χ1n) is 12.9. The number of carbonyl (C=O) groups excluding carboxylic acids is 1. The summed E-state index contributed by atoms with van der Waals surface area (Å²) >= 11 is 0. The van der Waals surface area contributed by atoms with Crippen molar-refractivity contribution in [3.05, 3.63) is 100 Å². The van der Waals surface area contributed by atoms with Crippen LogP contribution in [0.5, 0.6) is 0 Å². The number of nitrogens with one attached hydrogen (secondary N) is 1. The molecule has 0 radical (unpaired) electrons. The van der Waals surface area contributed by atoms with E-state index in [9.17, 15) is 26.7 Å². The van der Waals surface area contributed by atoms with Crippen LogP contribution in [-0.4, -0.2) is 32.2 Å². The van der Waals surface area contributed by atoms with Gasteiger partial charge in [-0.3, -0.25) is 9.48 Å². The smallest absolute Gasteiger partial charge is 0.353 e. The van der Waals surface area contributed by atoms with Gasteiger partial charge in [-0.1, -0.05) is 24.3 Å². The lowest BCUT2D eigenvalue weighted by Crippen LogP contribution is -2.33. The molecule has 208 valence electrons. The van der Waals surface area contributed by atoms with E-state index in [1.807, 2.05) is 31.2 Å². The lowest BCUT2D eigenvalue weighted by molar-refractivity contribution is -0.142. The fourth-order valence-electron chi connectivity index (χ4n) is 5.12. The van der Waals surface area contributed by atoms with Crippen LogP contribution >= 0.6 is 0 Å². The van der Waals surface area contributed by atoms with E-state index in [1.54, 1.807) is 6.07 Å². The van der Waals surface area contributed by atoms with Crippen molar-refractivity contribution in [2.24, 2.45) is 0 Å². The lowest BCUT2D eigenvalue weighted by Gasteiger charge is -2.19. The minimum atomic E-state index is -4.62. The molecule has 1 atom stereocenters. The molecule has 11 heteroatoms. The van der Waals surface area contributed by atoms with Crippen LogP contribution in [0, 0.1) is 18.6 Å². The van der Waals surface area contributed by atoms with Gasteiger partial charge >= 0.3 is 6.18 Å². The van der Waals surface area contributed by atoms with Crippen molar-refractivity contribution >= 4 is 5.91 Å². The number of carbonyl (C=O) groups is 1. The number of amides is 1. The van der Waals surface area contributed by atoms with Crippen molar-refractivity contribution in [3.8, 4) is 11.3 Å². The molecule has 1 unspecified atom stereocenters. The third-order valence-electron chi connectivity index (χ3n) is 7.02. The average Bonchev–Trinajstić information content (AvgIpc) is 3.28. The van der Waals surface area contributed by atoms with Crippen LogP contribution in [0.4, 0.5) is 22.0 Å². The van der Waals surface area contributed by atoms with E-state index in [2.05, 4.69) is 20.4 Å². The van der Waals surface area contributed by atoms with Crippen LogP contribution in [0.2, 0.25) is 0 Å². The first-order chi connectivity index (χ1) is 19.1. The molecular weight excluding hydrogens is 529 g/mol. The Balaban J connectivity index is 1.42. The Kier molecular flexibility index (Phi) is 7.64. The number of aryl methyl sites for hydroxylation is 1. The molecule has 2 heterocycles. The summed E-state index contributed by atoms with van der Waals surface area (Å²) in [4.78, 5) is 21.9. The average molecular weight is 556 g/mol. The summed E-state index contributed by atoms with van der Waals surface area (Å²) in [7, 11) is 0. The van der Waals surface area contributed by atoms with Gasteiger partial charge in [-0.15, -0.1) is 0 Å². The molecule has 1 aliphatic carbocycles. The van der Waals surface area contributed by atoms with Crippen LogP contribution < -0.4 is 5.32 Å². The number of aromatic nitrogens is 4. The number of benzene rings is 2. The largest absolute Gasteiger partial charge is 0.435 e. The number of fused-ring (bicyclic) bond motifs is 1. The van der Waals surface area contributed by atoms with Gasteiger partial charge in [-0.2, -0.15) is 18.3 Å². The van der Waals surface area contributed by atoms with Gasteiger partial charge in [0.15, 0.2) is 5.69 Å². The number of halogens is 5. The number of nitrogens with zero attached hydrogens (tertiary/aromatic N) is 4. The summed E-state index contributed by atoms with van der Waals surface area (Å²) in [5.41, 5.74) is 2.21. The zero-order chi connectivity index (χ0) is 28.4. The van der Waals surface area contributed by atoms with Gasteiger partial charge in [0.2, 0.25) is 5.91 Å². The highest BCUT2D eigenvalue weighted by Crippen LogP contribution is 2.36.